The SMILES string of the molecule is CC[N+](CC)(CC)CC.[Cu+2]. The molecule has 0 aromatic rings. The molecule has 0 fully saturated rings. The number of quaternary nitrogens is 1. The molecule has 0 amide bonds. The van der Waals surface area contributed by atoms with Crippen molar-refractivity contribution in [3.05, 3.63) is 0 Å². The largest absolute Gasteiger partial charge is 2.00 e. The Bertz CT molecular complexity index is 52.1. The third-order valence-electron chi connectivity index (χ3n) is 2.68. The topological polar surface area (TPSA) is 0 Å². The van der Waals surface area contributed by atoms with Crippen LogP contribution in [0.5, 0.6) is 0 Å². The zero-order chi connectivity index (χ0) is 7.33. The van der Waals surface area contributed by atoms with Crippen molar-refractivity contribution in [3.8, 4) is 0 Å². The van der Waals surface area contributed by atoms with Crippen LogP contribution in [0.1, 0.15) is 27.7 Å². The van der Waals surface area contributed by atoms with Crippen LogP contribution in [0.3, 0.4) is 0 Å². The summed E-state index contributed by atoms with van der Waals surface area (Å²) in [6.07, 6.45) is 0. The maximum absolute atomic E-state index is 2.27. The standard InChI is InChI=1S/C8H20N.Cu/c1-5-9(6-2,7-3)8-4;/h5-8H2,1-4H3;/q+1;+2. The van der Waals surface area contributed by atoms with Crippen molar-refractivity contribution in [1.29, 1.82) is 0 Å². The molecule has 0 saturated heterocycles. The van der Waals surface area contributed by atoms with Crippen LogP contribution in [-0.2, 0) is 17.1 Å². The second-order valence-electron chi connectivity index (χ2n) is 2.61. The van der Waals surface area contributed by atoms with Gasteiger partial charge in [-0.1, -0.05) is 0 Å². The fourth-order valence-electron chi connectivity index (χ4n) is 1.34. The number of nitrogens with zero attached hydrogens (tertiary/aromatic N) is 1. The molecular weight excluding hydrogens is 174 g/mol. The van der Waals surface area contributed by atoms with Gasteiger partial charge in [0.15, 0.2) is 0 Å². The summed E-state index contributed by atoms with van der Waals surface area (Å²) in [7, 11) is 0. The van der Waals surface area contributed by atoms with Crippen LogP contribution in [0, 0.1) is 0 Å². The molecule has 1 nitrogen and oxygen atoms in total. The fourth-order valence-corrected chi connectivity index (χ4v) is 1.34. The van der Waals surface area contributed by atoms with E-state index in [2.05, 4.69) is 27.7 Å². The Balaban J connectivity index is 0. The quantitative estimate of drug-likeness (QED) is 0.473. The third kappa shape index (κ3) is 3.05. The van der Waals surface area contributed by atoms with Gasteiger partial charge in [0.2, 0.25) is 0 Å². The van der Waals surface area contributed by atoms with Gasteiger partial charge in [0.25, 0.3) is 0 Å². The first-order valence-electron chi connectivity index (χ1n) is 4.09. The minimum atomic E-state index is 0. The summed E-state index contributed by atoms with van der Waals surface area (Å²) >= 11 is 0. The smallest absolute Gasteiger partial charge is 0.325 e. The molecule has 2 heteroatoms. The van der Waals surface area contributed by atoms with Crippen LogP contribution in [0.2, 0.25) is 0 Å². The molecular formula is C8H20CuN+3. The van der Waals surface area contributed by atoms with Gasteiger partial charge < -0.3 is 4.48 Å². The van der Waals surface area contributed by atoms with E-state index in [1.165, 1.54) is 30.7 Å². The van der Waals surface area contributed by atoms with Crippen molar-refractivity contribution in [3.63, 3.8) is 0 Å². The fraction of sp³-hybridized carbons (Fsp3) is 1.00. The van der Waals surface area contributed by atoms with E-state index in [0.29, 0.717) is 0 Å². The van der Waals surface area contributed by atoms with Crippen molar-refractivity contribution in [1.82, 2.24) is 0 Å². The summed E-state index contributed by atoms with van der Waals surface area (Å²) < 4.78 is 1.28. The van der Waals surface area contributed by atoms with Gasteiger partial charge in [-0.05, 0) is 27.7 Å². The Labute approximate surface area is 75.9 Å². The zero-order valence-corrected chi connectivity index (χ0v) is 8.52. The van der Waals surface area contributed by atoms with E-state index < -0.39 is 0 Å². The van der Waals surface area contributed by atoms with Gasteiger partial charge in [-0.2, -0.15) is 0 Å². The van der Waals surface area contributed by atoms with Gasteiger partial charge in [-0.25, -0.2) is 0 Å². The summed E-state index contributed by atoms with van der Waals surface area (Å²) in [6.45, 7) is 14.2. The summed E-state index contributed by atoms with van der Waals surface area (Å²) in [5.41, 5.74) is 0. The van der Waals surface area contributed by atoms with E-state index in [0.717, 1.165) is 0 Å². The Morgan fingerprint density at radius 2 is 0.900 bits per heavy atom. The molecule has 1 radical (unpaired) electrons. The molecule has 10 heavy (non-hydrogen) atoms. The first-order valence-corrected chi connectivity index (χ1v) is 4.09. The normalized spacial score (nSPS) is 10.8. The maximum atomic E-state index is 2.27. The van der Waals surface area contributed by atoms with Gasteiger partial charge in [0, 0.05) is 0 Å². The van der Waals surface area contributed by atoms with E-state index in [1.807, 2.05) is 0 Å². The first kappa shape index (κ1) is 13.1. The van der Waals surface area contributed by atoms with Crippen LogP contribution in [0.4, 0.5) is 0 Å². The van der Waals surface area contributed by atoms with Crippen molar-refractivity contribution in [2.75, 3.05) is 26.2 Å². The first-order chi connectivity index (χ1) is 4.24. The number of rotatable bonds is 4. The van der Waals surface area contributed by atoms with Gasteiger partial charge in [-0.15, -0.1) is 0 Å². The van der Waals surface area contributed by atoms with Gasteiger partial charge in [-0.3, -0.25) is 0 Å². The summed E-state index contributed by atoms with van der Waals surface area (Å²) in [5, 5.41) is 0. The summed E-state index contributed by atoms with van der Waals surface area (Å²) in [4.78, 5) is 0. The van der Waals surface area contributed by atoms with Crippen LogP contribution in [-0.4, -0.2) is 30.7 Å². The molecule has 65 valence electrons. The molecule has 0 aliphatic carbocycles. The average Bonchev–Trinajstić information content (AvgIpc) is 1.95. The van der Waals surface area contributed by atoms with E-state index in [4.69, 9.17) is 0 Å². The second kappa shape index (κ2) is 6.21. The molecule has 0 spiro atoms. The molecule has 0 aromatic carbocycles. The molecule has 0 atom stereocenters. The second-order valence-corrected chi connectivity index (χ2v) is 2.61. The molecule has 0 unspecified atom stereocenters. The molecule has 0 N–H and O–H groups in total. The molecule has 0 bridgehead atoms. The maximum Gasteiger partial charge on any atom is 2.00 e. The monoisotopic (exact) mass is 193 g/mol. The molecule has 0 heterocycles. The summed E-state index contributed by atoms with van der Waals surface area (Å²) in [5.74, 6) is 0. The van der Waals surface area contributed by atoms with Crippen molar-refractivity contribution >= 4 is 0 Å². The minimum absolute atomic E-state index is 0. The van der Waals surface area contributed by atoms with E-state index in [1.54, 1.807) is 0 Å². The molecule has 0 rings (SSSR count). The average molecular weight is 194 g/mol. The van der Waals surface area contributed by atoms with E-state index >= 15 is 0 Å². The molecule has 0 aliphatic rings. The van der Waals surface area contributed by atoms with Crippen molar-refractivity contribution < 1.29 is 21.6 Å². The Morgan fingerprint density at radius 1 is 0.700 bits per heavy atom. The molecule has 0 aliphatic heterocycles. The van der Waals surface area contributed by atoms with Gasteiger partial charge >= 0.3 is 17.1 Å². The van der Waals surface area contributed by atoms with E-state index in [9.17, 15) is 0 Å². The van der Waals surface area contributed by atoms with Crippen molar-refractivity contribution in [2.45, 2.75) is 27.7 Å². The Morgan fingerprint density at radius 3 is 0.900 bits per heavy atom. The molecule has 0 saturated carbocycles. The van der Waals surface area contributed by atoms with Crippen LogP contribution in [0.15, 0.2) is 0 Å². The Kier molecular flexibility index (Phi) is 8.13. The predicted molar refractivity (Wildman–Crippen MR) is 42.4 cm³/mol. The van der Waals surface area contributed by atoms with Crippen LogP contribution < -0.4 is 0 Å². The third-order valence-corrected chi connectivity index (χ3v) is 2.68. The Hall–Kier alpha value is 0.479. The van der Waals surface area contributed by atoms with E-state index in [-0.39, 0.29) is 17.1 Å². The van der Waals surface area contributed by atoms with Crippen LogP contribution >= 0.6 is 0 Å². The summed E-state index contributed by atoms with van der Waals surface area (Å²) in [6, 6.07) is 0. The number of hydrogen-bond donors (Lipinski definition) is 0. The molecule has 0 aromatic heterocycles. The van der Waals surface area contributed by atoms with Gasteiger partial charge in [0.05, 0.1) is 26.2 Å². The van der Waals surface area contributed by atoms with Crippen LogP contribution in [0.25, 0.3) is 0 Å². The van der Waals surface area contributed by atoms with Crippen molar-refractivity contribution in [2.24, 2.45) is 0 Å². The predicted octanol–water partition coefficient (Wildman–Crippen LogP) is 1.88. The number of hydrogen-bond acceptors (Lipinski definition) is 0. The zero-order valence-electron chi connectivity index (χ0n) is 7.58. The minimum Gasteiger partial charge on any atom is -0.325 e. The van der Waals surface area contributed by atoms with Gasteiger partial charge in [0.1, 0.15) is 0 Å².